The molecule has 1 heterocycles. The van der Waals surface area contributed by atoms with Gasteiger partial charge in [0.15, 0.2) is 0 Å². The maximum Gasteiger partial charge on any atom is 0.263 e. The van der Waals surface area contributed by atoms with Gasteiger partial charge in [0.2, 0.25) is 0 Å². The number of rotatable bonds is 5. The molecular weight excluding hydrogens is 300 g/mol. The molecule has 0 aliphatic rings. The van der Waals surface area contributed by atoms with E-state index in [-0.39, 0.29) is 5.91 Å². The van der Waals surface area contributed by atoms with Gasteiger partial charge in [-0.1, -0.05) is 0 Å². The van der Waals surface area contributed by atoms with Crippen LogP contribution >= 0.6 is 27.3 Å². The summed E-state index contributed by atoms with van der Waals surface area (Å²) in [4.78, 5) is 16.8. The average molecular weight is 319 g/mol. The molecule has 17 heavy (non-hydrogen) atoms. The molecule has 0 saturated carbocycles. The average Bonchev–Trinajstić information content (AvgIpc) is 2.57. The van der Waals surface area contributed by atoms with Crippen LogP contribution in [0.2, 0.25) is 0 Å². The van der Waals surface area contributed by atoms with Crippen LogP contribution in [-0.4, -0.2) is 49.9 Å². The van der Waals surface area contributed by atoms with Crippen LogP contribution < -0.4 is 0 Å². The second-order valence-corrected chi connectivity index (χ2v) is 6.82. The fourth-order valence-electron chi connectivity index (χ4n) is 1.48. The van der Waals surface area contributed by atoms with Gasteiger partial charge in [0.1, 0.15) is 0 Å². The zero-order valence-corrected chi connectivity index (χ0v) is 13.2. The quantitative estimate of drug-likeness (QED) is 0.833. The summed E-state index contributed by atoms with van der Waals surface area (Å²) in [6, 6.07) is 1.94. The number of carbonyl (C=O) groups is 1. The van der Waals surface area contributed by atoms with Crippen molar-refractivity contribution in [3.8, 4) is 0 Å². The first-order valence-electron chi connectivity index (χ1n) is 5.58. The van der Waals surface area contributed by atoms with E-state index >= 15 is 0 Å². The van der Waals surface area contributed by atoms with Crippen LogP contribution in [0.1, 0.15) is 21.7 Å². The summed E-state index contributed by atoms with van der Waals surface area (Å²) >= 11 is 4.95. The molecule has 0 saturated heterocycles. The normalized spacial score (nSPS) is 10.9. The fraction of sp³-hybridized carbons (Fsp3) is 0.583. The van der Waals surface area contributed by atoms with E-state index in [1.807, 2.05) is 34.1 Å². The summed E-state index contributed by atoms with van der Waals surface area (Å²) in [7, 11) is 5.95. The van der Waals surface area contributed by atoms with Gasteiger partial charge < -0.3 is 9.80 Å². The molecule has 0 unspecified atom stereocenters. The lowest BCUT2D eigenvalue weighted by Crippen LogP contribution is -2.29. The highest BCUT2D eigenvalue weighted by Gasteiger charge is 2.15. The third-order valence-corrected chi connectivity index (χ3v) is 4.64. The molecule has 1 amide bonds. The number of hydrogen-bond acceptors (Lipinski definition) is 3. The number of nitrogens with zero attached hydrogens (tertiary/aromatic N) is 2. The lowest BCUT2D eigenvalue weighted by Gasteiger charge is -2.17. The van der Waals surface area contributed by atoms with Crippen molar-refractivity contribution in [3.05, 3.63) is 20.3 Å². The Balaban J connectivity index is 2.52. The Morgan fingerprint density at radius 1 is 1.35 bits per heavy atom. The SMILES string of the molecule is Cc1cc(C(=O)N(C)CCCN(C)C)sc1Br. The third-order valence-electron chi connectivity index (χ3n) is 2.51. The molecule has 0 aliphatic heterocycles. The number of carbonyl (C=O) groups excluding carboxylic acids is 1. The maximum absolute atomic E-state index is 12.1. The summed E-state index contributed by atoms with van der Waals surface area (Å²) in [5, 5.41) is 0. The van der Waals surface area contributed by atoms with E-state index in [4.69, 9.17) is 0 Å². The monoisotopic (exact) mass is 318 g/mol. The highest BCUT2D eigenvalue weighted by atomic mass is 79.9. The Hall–Kier alpha value is -0.390. The molecule has 1 rings (SSSR count). The molecule has 96 valence electrons. The molecule has 1 aromatic heterocycles. The molecule has 0 atom stereocenters. The number of thiophene rings is 1. The van der Waals surface area contributed by atoms with Gasteiger partial charge in [-0.25, -0.2) is 0 Å². The van der Waals surface area contributed by atoms with E-state index in [1.54, 1.807) is 4.90 Å². The van der Waals surface area contributed by atoms with Crippen molar-refractivity contribution in [2.24, 2.45) is 0 Å². The molecule has 0 spiro atoms. The topological polar surface area (TPSA) is 23.6 Å². The van der Waals surface area contributed by atoms with E-state index in [9.17, 15) is 4.79 Å². The van der Waals surface area contributed by atoms with Gasteiger partial charge in [-0.15, -0.1) is 11.3 Å². The van der Waals surface area contributed by atoms with Crippen molar-refractivity contribution < 1.29 is 4.79 Å². The summed E-state index contributed by atoms with van der Waals surface area (Å²) in [5.41, 5.74) is 1.13. The molecular formula is C12H19BrN2OS. The van der Waals surface area contributed by atoms with Gasteiger partial charge >= 0.3 is 0 Å². The standard InChI is InChI=1S/C12H19BrN2OS/c1-9-8-10(17-11(9)13)12(16)15(4)7-5-6-14(2)3/h8H,5-7H2,1-4H3. The van der Waals surface area contributed by atoms with E-state index < -0.39 is 0 Å². The van der Waals surface area contributed by atoms with Crippen molar-refractivity contribution in [2.75, 3.05) is 34.2 Å². The van der Waals surface area contributed by atoms with Crippen LogP contribution in [-0.2, 0) is 0 Å². The number of aryl methyl sites for hydroxylation is 1. The predicted octanol–water partition coefficient (Wildman–Crippen LogP) is 2.84. The zero-order valence-electron chi connectivity index (χ0n) is 10.8. The van der Waals surface area contributed by atoms with Crippen molar-refractivity contribution in [1.82, 2.24) is 9.80 Å². The van der Waals surface area contributed by atoms with Crippen LogP contribution in [0.15, 0.2) is 9.85 Å². The van der Waals surface area contributed by atoms with Crippen LogP contribution in [0.25, 0.3) is 0 Å². The Bertz CT molecular complexity index is 370. The lowest BCUT2D eigenvalue weighted by atomic mass is 10.3. The van der Waals surface area contributed by atoms with Crippen LogP contribution in [0, 0.1) is 6.92 Å². The Kier molecular flexibility index (Phi) is 5.62. The number of halogens is 1. The minimum absolute atomic E-state index is 0.113. The molecule has 0 fully saturated rings. The van der Waals surface area contributed by atoms with Gasteiger partial charge in [-0.3, -0.25) is 4.79 Å². The predicted molar refractivity (Wildman–Crippen MR) is 76.9 cm³/mol. The third kappa shape index (κ3) is 4.41. The fourth-order valence-corrected chi connectivity index (χ4v) is 3.01. The van der Waals surface area contributed by atoms with E-state index in [0.29, 0.717) is 0 Å². The van der Waals surface area contributed by atoms with Gasteiger partial charge in [0, 0.05) is 13.6 Å². The highest BCUT2D eigenvalue weighted by molar-refractivity contribution is 9.11. The minimum atomic E-state index is 0.113. The van der Waals surface area contributed by atoms with Gasteiger partial charge in [0.25, 0.3) is 5.91 Å². The maximum atomic E-state index is 12.1. The van der Waals surface area contributed by atoms with Gasteiger partial charge in [-0.2, -0.15) is 0 Å². The van der Waals surface area contributed by atoms with E-state index in [2.05, 4.69) is 20.8 Å². The van der Waals surface area contributed by atoms with Gasteiger partial charge in [-0.05, 0) is 61.5 Å². The molecule has 0 aliphatic carbocycles. The highest BCUT2D eigenvalue weighted by Crippen LogP contribution is 2.27. The summed E-state index contributed by atoms with van der Waals surface area (Å²) in [6.07, 6.45) is 1.00. The van der Waals surface area contributed by atoms with Crippen LogP contribution in [0.4, 0.5) is 0 Å². The second-order valence-electron chi connectivity index (χ2n) is 4.45. The first-order valence-corrected chi connectivity index (χ1v) is 7.19. The largest absolute Gasteiger partial charge is 0.341 e. The van der Waals surface area contributed by atoms with Crippen molar-refractivity contribution >= 4 is 33.2 Å². The molecule has 1 aromatic rings. The van der Waals surface area contributed by atoms with Crippen LogP contribution in [0.3, 0.4) is 0 Å². The van der Waals surface area contributed by atoms with Gasteiger partial charge in [0.05, 0.1) is 8.66 Å². The van der Waals surface area contributed by atoms with E-state index in [1.165, 1.54) is 11.3 Å². The lowest BCUT2D eigenvalue weighted by molar-refractivity contribution is 0.0795. The second kappa shape index (κ2) is 6.52. The Morgan fingerprint density at radius 2 is 2.00 bits per heavy atom. The minimum Gasteiger partial charge on any atom is -0.341 e. The summed E-state index contributed by atoms with van der Waals surface area (Å²) in [6.45, 7) is 3.81. The van der Waals surface area contributed by atoms with Crippen molar-refractivity contribution in [1.29, 1.82) is 0 Å². The summed E-state index contributed by atoms with van der Waals surface area (Å²) < 4.78 is 1.04. The molecule has 0 aromatic carbocycles. The number of amides is 1. The summed E-state index contributed by atoms with van der Waals surface area (Å²) in [5.74, 6) is 0.113. The first-order chi connectivity index (χ1) is 7.91. The molecule has 0 N–H and O–H groups in total. The molecule has 3 nitrogen and oxygen atoms in total. The van der Waals surface area contributed by atoms with E-state index in [0.717, 1.165) is 33.7 Å². The molecule has 5 heteroatoms. The van der Waals surface area contributed by atoms with Crippen molar-refractivity contribution in [2.45, 2.75) is 13.3 Å². The first kappa shape index (κ1) is 14.7. The Labute approximate surface area is 116 Å². The molecule has 0 bridgehead atoms. The smallest absolute Gasteiger partial charge is 0.263 e. The van der Waals surface area contributed by atoms with Crippen molar-refractivity contribution in [3.63, 3.8) is 0 Å². The van der Waals surface area contributed by atoms with Crippen LogP contribution in [0.5, 0.6) is 0 Å². The number of hydrogen-bond donors (Lipinski definition) is 0. The molecule has 0 radical (unpaired) electrons. The zero-order chi connectivity index (χ0) is 13.0. The Morgan fingerprint density at radius 3 is 2.47 bits per heavy atom.